The van der Waals surface area contributed by atoms with Gasteiger partial charge in [-0.2, -0.15) is 0 Å². The van der Waals surface area contributed by atoms with Crippen molar-refractivity contribution in [1.29, 1.82) is 0 Å². The van der Waals surface area contributed by atoms with Crippen LogP contribution in [0.25, 0.3) is 0 Å². The number of nitrogens with one attached hydrogen (secondary N) is 1. The Hall–Kier alpha value is -2.72. The molecule has 3 aromatic rings. The monoisotopic (exact) mass is 544 g/mol. The van der Waals surface area contributed by atoms with E-state index in [0.29, 0.717) is 10.6 Å². The summed E-state index contributed by atoms with van der Waals surface area (Å²) in [5.74, 6) is 0.716. The quantitative estimate of drug-likeness (QED) is 0.441. The van der Waals surface area contributed by atoms with Gasteiger partial charge in [0.15, 0.2) is 9.84 Å². The zero-order valence-corrected chi connectivity index (χ0v) is 23.0. The number of aryl methyl sites for hydroxylation is 2. The van der Waals surface area contributed by atoms with Gasteiger partial charge in [0.25, 0.3) is 0 Å². The molecule has 0 spiro atoms. The number of hydrogen-bond donors (Lipinski definition) is 1. The predicted octanol–water partition coefficient (Wildman–Crippen LogP) is 3.41. The molecule has 8 nitrogen and oxygen atoms in total. The van der Waals surface area contributed by atoms with Crippen LogP contribution in [-0.2, 0) is 21.1 Å². The maximum absolute atomic E-state index is 13.2. The Morgan fingerprint density at radius 1 is 1.08 bits per heavy atom. The maximum Gasteiger partial charge on any atom is 0.234 e. The molecule has 2 heterocycles. The standard InChI is InChI=1S/C27H33ClN4O4S/c1-19-23(20(2)36-30-19)11-12-31-13-15-32(16-14-31)18-26(33)29-27(21-7-5-4-6-8-21)24-10-9-22(28)17-25(24)37(3,34)35/h4-10,17,27H,11-16,18H2,1-3H3,(H,29,33). The third kappa shape index (κ3) is 6.98. The first-order valence-corrected chi connectivity index (χ1v) is 14.6. The molecular weight excluding hydrogens is 512 g/mol. The molecule has 37 heavy (non-hydrogen) atoms. The molecule has 1 fully saturated rings. The molecule has 0 saturated carbocycles. The smallest absolute Gasteiger partial charge is 0.234 e. The summed E-state index contributed by atoms with van der Waals surface area (Å²) in [4.78, 5) is 17.8. The minimum absolute atomic E-state index is 0.112. The third-order valence-corrected chi connectivity index (χ3v) is 8.20. The highest BCUT2D eigenvalue weighted by molar-refractivity contribution is 7.90. The lowest BCUT2D eigenvalue weighted by Gasteiger charge is -2.34. The number of nitrogens with zero attached hydrogens (tertiary/aromatic N) is 3. The lowest BCUT2D eigenvalue weighted by atomic mass is 9.98. The lowest BCUT2D eigenvalue weighted by molar-refractivity contribution is -0.123. The van der Waals surface area contributed by atoms with Crippen LogP contribution in [0.5, 0.6) is 0 Å². The maximum atomic E-state index is 13.2. The van der Waals surface area contributed by atoms with Gasteiger partial charge in [-0.05, 0) is 43.5 Å². The van der Waals surface area contributed by atoms with Gasteiger partial charge in [0, 0.05) is 49.6 Å². The molecule has 0 aliphatic carbocycles. The predicted molar refractivity (Wildman–Crippen MR) is 144 cm³/mol. The largest absolute Gasteiger partial charge is 0.361 e. The molecule has 1 N–H and O–H groups in total. The summed E-state index contributed by atoms with van der Waals surface area (Å²) in [5, 5.41) is 7.43. The van der Waals surface area contributed by atoms with Crippen molar-refractivity contribution in [3.8, 4) is 0 Å². The van der Waals surface area contributed by atoms with Crippen molar-refractivity contribution in [2.75, 3.05) is 45.5 Å². The fourth-order valence-electron chi connectivity index (χ4n) is 4.76. The van der Waals surface area contributed by atoms with Crippen molar-refractivity contribution in [2.24, 2.45) is 0 Å². The second-order valence-corrected chi connectivity index (χ2v) is 12.0. The molecule has 1 aliphatic heterocycles. The Morgan fingerprint density at radius 3 is 2.38 bits per heavy atom. The van der Waals surface area contributed by atoms with E-state index in [1.165, 1.54) is 11.6 Å². The number of amides is 1. The first-order chi connectivity index (χ1) is 17.6. The molecule has 2 aromatic carbocycles. The van der Waals surface area contributed by atoms with Crippen molar-refractivity contribution < 1.29 is 17.7 Å². The van der Waals surface area contributed by atoms with Gasteiger partial charge < -0.3 is 14.7 Å². The second kappa shape index (κ2) is 11.8. The number of halogens is 1. The zero-order chi connectivity index (χ0) is 26.6. The molecule has 1 aliphatic rings. The SMILES string of the molecule is Cc1noc(C)c1CCN1CCN(CC(=O)NC(c2ccccc2)c2ccc(Cl)cc2S(C)(=O)=O)CC1. The van der Waals surface area contributed by atoms with Crippen molar-refractivity contribution in [1.82, 2.24) is 20.3 Å². The van der Waals surface area contributed by atoms with Gasteiger partial charge in [-0.1, -0.05) is 53.2 Å². The van der Waals surface area contributed by atoms with Crippen LogP contribution in [0, 0.1) is 13.8 Å². The molecule has 0 radical (unpaired) electrons. The van der Waals surface area contributed by atoms with E-state index in [1.807, 2.05) is 44.2 Å². The van der Waals surface area contributed by atoms with Crippen LogP contribution in [0.4, 0.5) is 0 Å². The average molecular weight is 545 g/mol. The van der Waals surface area contributed by atoms with E-state index in [9.17, 15) is 13.2 Å². The minimum atomic E-state index is -3.57. The van der Waals surface area contributed by atoms with Crippen molar-refractivity contribution in [3.05, 3.63) is 81.7 Å². The molecule has 1 aromatic heterocycles. The first-order valence-electron chi connectivity index (χ1n) is 12.3. The number of carbonyl (C=O) groups excluding carboxylic acids is 1. The molecule has 0 bridgehead atoms. The van der Waals surface area contributed by atoms with Crippen molar-refractivity contribution in [3.63, 3.8) is 0 Å². The van der Waals surface area contributed by atoms with Crippen LogP contribution in [0.15, 0.2) is 57.9 Å². The minimum Gasteiger partial charge on any atom is -0.361 e. The number of rotatable bonds is 9. The van der Waals surface area contributed by atoms with E-state index in [-0.39, 0.29) is 17.3 Å². The van der Waals surface area contributed by atoms with E-state index in [1.54, 1.807) is 12.1 Å². The highest BCUT2D eigenvalue weighted by atomic mass is 35.5. The molecular formula is C27H33ClN4O4S. The topological polar surface area (TPSA) is 95.8 Å². The highest BCUT2D eigenvalue weighted by Gasteiger charge is 2.26. The van der Waals surface area contributed by atoms with Gasteiger partial charge in [-0.3, -0.25) is 9.69 Å². The Balaban J connectivity index is 1.40. The molecule has 1 amide bonds. The molecule has 198 valence electrons. The summed E-state index contributed by atoms with van der Waals surface area (Å²) in [6.45, 7) is 8.36. The normalized spacial score (nSPS) is 16.0. The van der Waals surface area contributed by atoms with Gasteiger partial charge in [0.2, 0.25) is 5.91 Å². The fourth-order valence-corrected chi connectivity index (χ4v) is 5.96. The average Bonchev–Trinajstić information content (AvgIpc) is 3.19. The van der Waals surface area contributed by atoms with Gasteiger partial charge in [-0.15, -0.1) is 0 Å². The van der Waals surface area contributed by atoms with Crippen LogP contribution in [0.2, 0.25) is 5.02 Å². The van der Waals surface area contributed by atoms with Crippen LogP contribution in [0.3, 0.4) is 0 Å². The number of sulfone groups is 1. The van der Waals surface area contributed by atoms with Crippen LogP contribution < -0.4 is 5.32 Å². The highest BCUT2D eigenvalue weighted by Crippen LogP contribution is 2.30. The van der Waals surface area contributed by atoms with E-state index in [4.69, 9.17) is 16.1 Å². The Labute approximate surface area is 223 Å². The number of benzene rings is 2. The number of piperazine rings is 1. The Morgan fingerprint density at radius 2 is 1.76 bits per heavy atom. The zero-order valence-electron chi connectivity index (χ0n) is 21.4. The van der Waals surface area contributed by atoms with Crippen LogP contribution >= 0.6 is 11.6 Å². The lowest BCUT2D eigenvalue weighted by Crippen LogP contribution is -2.50. The molecule has 1 saturated heterocycles. The Bertz CT molecular complexity index is 1320. The molecule has 4 rings (SSSR count). The molecule has 1 unspecified atom stereocenters. The summed E-state index contributed by atoms with van der Waals surface area (Å²) in [6, 6.07) is 13.5. The van der Waals surface area contributed by atoms with Crippen molar-refractivity contribution in [2.45, 2.75) is 31.2 Å². The molecule has 1 atom stereocenters. The van der Waals surface area contributed by atoms with Gasteiger partial charge >= 0.3 is 0 Å². The third-order valence-electron chi connectivity index (χ3n) is 6.82. The van der Waals surface area contributed by atoms with E-state index in [2.05, 4.69) is 20.3 Å². The van der Waals surface area contributed by atoms with Gasteiger partial charge in [-0.25, -0.2) is 8.42 Å². The van der Waals surface area contributed by atoms with Gasteiger partial charge in [0.05, 0.1) is 23.2 Å². The van der Waals surface area contributed by atoms with Crippen LogP contribution in [0.1, 0.15) is 34.2 Å². The van der Waals surface area contributed by atoms with E-state index in [0.717, 1.165) is 62.4 Å². The summed E-state index contributed by atoms with van der Waals surface area (Å²) in [7, 11) is -3.57. The second-order valence-electron chi connectivity index (χ2n) is 9.54. The van der Waals surface area contributed by atoms with Gasteiger partial charge in [0.1, 0.15) is 5.76 Å². The van der Waals surface area contributed by atoms with E-state index >= 15 is 0 Å². The number of aromatic nitrogens is 1. The molecule has 10 heteroatoms. The fraction of sp³-hybridized carbons (Fsp3) is 0.407. The summed E-state index contributed by atoms with van der Waals surface area (Å²) >= 11 is 6.12. The Kier molecular flexibility index (Phi) is 8.69. The number of carbonyl (C=O) groups is 1. The van der Waals surface area contributed by atoms with Crippen LogP contribution in [-0.4, -0.2) is 74.8 Å². The summed E-state index contributed by atoms with van der Waals surface area (Å²) < 4.78 is 30.4. The summed E-state index contributed by atoms with van der Waals surface area (Å²) in [6.07, 6.45) is 2.04. The van der Waals surface area contributed by atoms with E-state index < -0.39 is 15.9 Å². The first kappa shape index (κ1) is 27.3. The number of hydrogen-bond acceptors (Lipinski definition) is 7. The summed E-state index contributed by atoms with van der Waals surface area (Å²) in [5.41, 5.74) is 3.41. The van der Waals surface area contributed by atoms with Crippen molar-refractivity contribution >= 4 is 27.3 Å².